The number of carboxylic acids is 1. The van der Waals surface area contributed by atoms with Crippen LogP contribution in [0, 0.1) is 0 Å². The van der Waals surface area contributed by atoms with E-state index in [1.807, 2.05) is 0 Å². The average molecular weight is 401 g/mol. The Hall–Kier alpha value is -2.11. The van der Waals surface area contributed by atoms with Crippen LogP contribution >= 0.6 is 23.8 Å². The number of benzene rings is 2. The Morgan fingerprint density at radius 1 is 1.15 bits per heavy atom. The minimum Gasteiger partial charge on any atom is -0.478 e. The number of anilines is 1. The molecule has 2 aliphatic rings. The molecule has 6 heteroatoms. The van der Waals surface area contributed by atoms with Crippen LogP contribution in [0.15, 0.2) is 42.5 Å². The van der Waals surface area contributed by atoms with Crippen molar-refractivity contribution in [2.45, 2.75) is 31.1 Å². The molecular formula is C21H21ClN2O2S. The maximum absolute atomic E-state index is 11.1. The normalized spacial score (nSPS) is 17.6. The second kappa shape index (κ2) is 7.13. The van der Waals surface area contributed by atoms with E-state index in [4.69, 9.17) is 28.9 Å². The van der Waals surface area contributed by atoms with Crippen LogP contribution < -0.4 is 5.32 Å². The van der Waals surface area contributed by atoms with Gasteiger partial charge in [0.25, 0.3) is 0 Å². The monoisotopic (exact) mass is 400 g/mol. The molecular weight excluding hydrogens is 380 g/mol. The Balaban J connectivity index is 1.41. The van der Waals surface area contributed by atoms with E-state index < -0.39 is 5.97 Å². The molecule has 0 radical (unpaired) electrons. The molecule has 1 aliphatic carbocycles. The molecule has 1 fully saturated rings. The summed E-state index contributed by atoms with van der Waals surface area (Å²) in [5, 5.41) is 13.1. The van der Waals surface area contributed by atoms with Gasteiger partial charge >= 0.3 is 5.97 Å². The Morgan fingerprint density at radius 2 is 1.89 bits per heavy atom. The van der Waals surface area contributed by atoms with Crippen molar-refractivity contribution >= 4 is 40.6 Å². The number of hydrogen-bond acceptors (Lipinski definition) is 2. The minimum atomic E-state index is -1.03. The molecule has 27 heavy (non-hydrogen) atoms. The standard InChI is InChI=1S/C21H21ClN2O2S/c22-18-13-15(5-6-16(18)19(25)26)23-20(27)24-11-9-21(10-12-24)8-7-14-3-1-2-4-17(14)21/h1-6,13H,7-12H2,(H,23,27)(H,25,26). The van der Waals surface area contributed by atoms with E-state index >= 15 is 0 Å². The molecule has 140 valence electrons. The lowest BCUT2D eigenvalue weighted by molar-refractivity contribution is 0.0697. The molecule has 2 N–H and O–H groups in total. The quantitative estimate of drug-likeness (QED) is 0.714. The van der Waals surface area contributed by atoms with Crippen LogP contribution in [0.4, 0.5) is 5.69 Å². The second-order valence-electron chi connectivity index (χ2n) is 7.35. The smallest absolute Gasteiger partial charge is 0.337 e. The van der Waals surface area contributed by atoms with E-state index in [1.165, 1.54) is 30.0 Å². The van der Waals surface area contributed by atoms with Gasteiger partial charge in [-0.2, -0.15) is 0 Å². The predicted octanol–water partition coefficient (Wildman–Crippen LogP) is 4.72. The number of likely N-dealkylation sites (tertiary alicyclic amines) is 1. The average Bonchev–Trinajstić information content (AvgIpc) is 3.01. The van der Waals surface area contributed by atoms with Crippen LogP contribution in [0.25, 0.3) is 0 Å². The van der Waals surface area contributed by atoms with E-state index in [9.17, 15) is 4.79 Å². The molecule has 1 aliphatic heterocycles. The Labute approximate surface area is 169 Å². The zero-order chi connectivity index (χ0) is 19.0. The maximum atomic E-state index is 11.1. The van der Waals surface area contributed by atoms with Crippen molar-refractivity contribution in [1.82, 2.24) is 4.90 Å². The van der Waals surface area contributed by atoms with Crippen molar-refractivity contribution in [2.24, 2.45) is 0 Å². The third kappa shape index (κ3) is 3.42. The van der Waals surface area contributed by atoms with Gasteiger partial charge in [0.2, 0.25) is 0 Å². The lowest BCUT2D eigenvalue weighted by Crippen LogP contribution is -2.45. The van der Waals surface area contributed by atoms with E-state index in [2.05, 4.69) is 34.5 Å². The summed E-state index contributed by atoms with van der Waals surface area (Å²) in [5.41, 5.74) is 4.13. The number of nitrogens with zero attached hydrogens (tertiary/aromatic N) is 1. The first-order valence-electron chi connectivity index (χ1n) is 9.16. The van der Waals surface area contributed by atoms with E-state index in [-0.39, 0.29) is 10.6 Å². The number of aryl methyl sites for hydroxylation is 1. The Morgan fingerprint density at radius 3 is 2.59 bits per heavy atom. The minimum absolute atomic E-state index is 0.0907. The van der Waals surface area contributed by atoms with Gasteiger partial charge in [0, 0.05) is 18.8 Å². The van der Waals surface area contributed by atoms with Crippen molar-refractivity contribution in [2.75, 3.05) is 18.4 Å². The SMILES string of the molecule is O=C(O)c1ccc(NC(=S)N2CCC3(CCc4ccccc43)CC2)cc1Cl. The highest BCUT2D eigenvalue weighted by Gasteiger charge is 2.41. The van der Waals surface area contributed by atoms with Crippen molar-refractivity contribution in [3.8, 4) is 0 Å². The highest BCUT2D eigenvalue weighted by atomic mass is 35.5. The highest BCUT2D eigenvalue weighted by molar-refractivity contribution is 7.80. The largest absolute Gasteiger partial charge is 0.478 e. The van der Waals surface area contributed by atoms with Crippen molar-refractivity contribution < 1.29 is 9.90 Å². The van der Waals surface area contributed by atoms with E-state index in [0.717, 1.165) is 25.9 Å². The summed E-state index contributed by atoms with van der Waals surface area (Å²) in [4.78, 5) is 13.3. The fourth-order valence-corrected chi connectivity index (χ4v) is 4.95. The number of piperidine rings is 1. The molecule has 2 aromatic rings. The van der Waals surface area contributed by atoms with Crippen LogP contribution in [0.1, 0.15) is 40.7 Å². The van der Waals surface area contributed by atoms with Gasteiger partial charge in [-0.3, -0.25) is 0 Å². The molecule has 0 bridgehead atoms. The Kier molecular flexibility index (Phi) is 4.82. The third-order valence-electron chi connectivity index (χ3n) is 5.92. The molecule has 0 saturated carbocycles. The number of aromatic carboxylic acids is 1. The van der Waals surface area contributed by atoms with Gasteiger partial charge in [0.15, 0.2) is 5.11 Å². The van der Waals surface area contributed by atoms with Crippen molar-refractivity contribution in [1.29, 1.82) is 0 Å². The number of fused-ring (bicyclic) bond motifs is 2. The summed E-state index contributed by atoms with van der Waals surface area (Å²) >= 11 is 11.6. The first-order chi connectivity index (χ1) is 13.0. The maximum Gasteiger partial charge on any atom is 0.337 e. The summed E-state index contributed by atoms with van der Waals surface area (Å²) in [6.07, 6.45) is 4.61. The number of hydrogen-bond donors (Lipinski definition) is 2. The molecule has 1 spiro atoms. The molecule has 2 aromatic carbocycles. The van der Waals surface area contributed by atoms with Crippen LogP contribution in [0.2, 0.25) is 5.02 Å². The number of rotatable bonds is 2. The second-order valence-corrected chi connectivity index (χ2v) is 8.15. The summed E-state index contributed by atoms with van der Waals surface area (Å²) in [6.45, 7) is 1.84. The Bertz CT molecular complexity index is 907. The van der Waals surface area contributed by atoms with Gasteiger partial charge in [0.1, 0.15) is 0 Å². The fraction of sp³-hybridized carbons (Fsp3) is 0.333. The summed E-state index contributed by atoms with van der Waals surface area (Å²) in [6, 6.07) is 13.6. The lowest BCUT2D eigenvalue weighted by atomic mass is 9.74. The topological polar surface area (TPSA) is 52.6 Å². The summed E-state index contributed by atoms with van der Waals surface area (Å²) in [5.74, 6) is -1.03. The van der Waals surface area contributed by atoms with Gasteiger partial charge in [-0.1, -0.05) is 35.9 Å². The molecule has 0 aromatic heterocycles. The van der Waals surface area contributed by atoms with E-state index in [0.29, 0.717) is 16.2 Å². The number of thiocarbonyl (C=S) groups is 1. The number of carboxylic acid groups (broad SMARTS) is 1. The van der Waals surface area contributed by atoms with Crippen LogP contribution in [0.5, 0.6) is 0 Å². The van der Waals surface area contributed by atoms with E-state index in [1.54, 1.807) is 12.1 Å². The number of carbonyl (C=O) groups is 1. The number of halogens is 1. The van der Waals surface area contributed by atoms with Crippen LogP contribution in [-0.4, -0.2) is 34.2 Å². The summed E-state index contributed by atoms with van der Waals surface area (Å²) < 4.78 is 0. The van der Waals surface area contributed by atoms with Gasteiger partial charge in [0.05, 0.1) is 10.6 Å². The van der Waals surface area contributed by atoms with Crippen LogP contribution in [-0.2, 0) is 11.8 Å². The molecule has 1 saturated heterocycles. The van der Waals surface area contributed by atoms with Crippen molar-refractivity contribution in [3.63, 3.8) is 0 Å². The molecule has 0 amide bonds. The third-order valence-corrected chi connectivity index (χ3v) is 6.59. The number of nitrogens with one attached hydrogen (secondary N) is 1. The first kappa shape index (κ1) is 18.3. The lowest BCUT2D eigenvalue weighted by Gasteiger charge is -2.41. The zero-order valence-electron chi connectivity index (χ0n) is 14.9. The van der Waals surface area contributed by atoms with Gasteiger partial charge in [-0.05, 0) is 72.6 Å². The fourth-order valence-electron chi connectivity index (χ4n) is 4.39. The highest BCUT2D eigenvalue weighted by Crippen LogP contribution is 2.46. The zero-order valence-corrected chi connectivity index (χ0v) is 16.4. The van der Waals surface area contributed by atoms with Gasteiger partial charge < -0.3 is 15.3 Å². The van der Waals surface area contributed by atoms with Crippen molar-refractivity contribution in [3.05, 3.63) is 64.2 Å². The van der Waals surface area contributed by atoms with Gasteiger partial charge in [-0.15, -0.1) is 0 Å². The molecule has 4 nitrogen and oxygen atoms in total. The van der Waals surface area contributed by atoms with Crippen LogP contribution in [0.3, 0.4) is 0 Å². The van der Waals surface area contributed by atoms with Gasteiger partial charge in [-0.25, -0.2) is 4.79 Å². The predicted molar refractivity (Wildman–Crippen MR) is 112 cm³/mol. The molecule has 4 rings (SSSR count). The summed E-state index contributed by atoms with van der Waals surface area (Å²) in [7, 11) is 0. The molecule has 0 atom stereocenters. The first-order valence-corrected chi connectivity index (χ1v) is 9.94. The molecule has 1 heterocycles. The molecule has 0 unspecified atom stereocenters.